The highest BCUT2D eigenvalue weighted by atomic mass is 16.3. The smallest absolute Gasteiger partial charge is 0.177 e. The van der Waals surface area contributed by atoms with Gasteiger partial charge in [0.15, 0.2) is 11.2 Å². The summed E-state index contributed by atoms with van der Waals surface area (Å²) in [7, 11) is 0. The molecule has 0 atom stereocenters. The normalized spacial score (nSPS) is 22.9. The van der Waals surface area contributed by atoms with E-state index in [0.29, 0.717) is 22.3 Å². The monoisotopic (exact) mass is 360 g/mol. The van der Waals surface area contributed by atoms with Crippen molar-refractivity contribution in [3.63, 3.8) is 0 Å². The van der Waals surface area contributed by atoms with E-state index in [0.717, 1.165) is 21.5 Å². The number of hydrogen-bond acceptors (Lipinski definition) is 2. The predicted molar refractivity (Wildman–Crippen MR) is 112 cm³/mol. The molecule has 0 bridgehead atoms. The van der Waals surface area contributed by atoms with E-state index < -0.39 is 11.2 Å². The molecule has 28 heavy (non-hydrogen) atoms. The highest BCUT2D eigenvalue weighted by Crippen LogP contribution is 2.49. The number of rotatable bonds is 0. The molecule has 0 saturated heterocycles. The van der Waals surface area contributed by atoms with E-state index in [1.165, 1.54) is 0 Å². The first-order chi connectivity index (χ1) is 13.5. The number of aliphatic hydroxyl groups is 2. The Kier molecular flexibility index (Phi) is 3.25. The van der Waals surface area contributed by atoms with Crippen molar-refractivity contribution in [3.8, 4) is 24.7 Å². The van der Waals surface area contributed by atoms with Crippen LogP contribution in [0.25, 0.3) is 21.5 Å². The van der Waals surface area contributed by atoms with Crippen LogP contribution < -0.4 is 0 Å². The van der Waals surface area contributed by atoms with Crippen LogP contribution in [0.4, 0.5) is 0 Å². The average Bonchev–Trinajstić information content (AvgIpc) is 2.75. The van der Waals surface area contributed by atoms with Gasteiger partial charge in [-0.1, -0.05) is 60.4 Å². The standard InChI is InChI=1S/C26H16O2/c1-3-25(27)21-13-17-9-5-7-11-19(17)15-23(21)26(28,4-2)24-16-20-12-8-6-10-18(20)14-22(24)25/h1-2,5-16,27-28H. The highest BCUT2D eigenvalue weighted by molar-refractivity contribution is 5.89. The molecule has 4 aromatic carbocycles. The van der Waals surface area contributed by atoms with Crippen molar-refractivity contribution >= 4 is 21.5 Å². The minimum Gasteiger partial charge on any atom is -0.369 e. The lowest BCUT2D eigenvalue weighted by molar-refractivity contribution is 0.0951. The van der Waals surface area contributed by atoms with E-state index >= 15 is 0 Å². The van der Waals surface area contributed by atoms with Crippen LogP contribution in [0, 0.1) is 24.7 Å². The van der Waals surface area contributed by atoms with Gasteiger partial charge in [0.2, 0.25) is 0 Å². The van der Waals surface area contributed by atoms with Crippen molar-refractivity contribution in [2.24, 2.45) is 0 Å². The molecule has 5 rings (SSSR count). The summed E-state index contributed by atoms with van der Waals surface area (Å²) in [5.41, 5.74) is -1.62. The first kappa shape index (κ1) is 16.6. The molecule has 0 fully saturated rings. The molecule has 1 aliphatic carbocycles. The molecule has 1 aliphatic rings. The third kappa shape index (κ3) is 1.97. The lowest BCUT2D eigenvalue weighted by atomic mass is 9.67. The van der Waals surface area contributed by atoms with Gasteiger partial charge >= 0.3 is 0 Å². The molecule has 0 radical (unpaired) electrons. The second-order valence-corrected chi connectivity index (χ2v) is 7.20. The maximum absolute atomic E-state index is 11.6. The fourth-order valence-corrected chi connectivity index (χ4v) is 4.28. The quantitative estimate of drug-likeness (QED) is 0.465. The zero-order valence-corrected chi connectivity index (χ0v) is 15.0. The molecule has 0 aliphatic heterocycles. The van der Waals surface area contributed by atoms with Crippen molar-refractivity contribution < 1.29 is 10.2 Å². The largest absolute Gasteiger partial charge is 0.369 e. The van der Waals surface area contributed by atoms with Gasteiger partial charge < -0.3 is 10.2 Å². The van der Waals surface area contributed by atoms with Gasteiger partial charge in [-0.2, -0.15) is 0 Å². The zero-order chi connectivity index (χ0) is 19.5. The fraction of sp³-hybridized carbons (Fsp3) is 0.0769. The molecular formula is C26H16O2. The van der Waals surface area contributed by atoms with Crippen molar-refractivity contribution in [2.45, 2.75) is 11.2 Å². The Bertz CT molecular complexity index is 1170. The van der Waals surface area contributed by atoms with Gasteiger partial charge in [-0.3, -0.25) is 0 Å². The molecule has 2 N–H and O–H groups in total. The van der Waals surface area contributed by atoms with Crippen LogP contribution in [-0.4, -0.2) is 10.2 Å². The topological polar surface area (TPSA) is 40.5 Å². The third-order valence-electron chi connectivity index (χ3n) is 5.75. The van der Waals surface area contributed by atoms with Crippen LogP contribution in [0.1, 0.15) is 22.3 Å². The van der Waals surface area contributed by atoms with Crippen molar-refractivity contribution in [1.29, 1.82) is 0 Å². The number of benzene rings is 4. The summed E-state index contributed by atoms with van der Waals surface area (Å²) >= 11 is 0. The van der Waals surface area contributed by atoms with Crippen molar-refractivity contribution in [3.05, 3.63) is 95.1 Å². The summed E-state index contributed by atoms with van der Waals surface area (Å²) in [6.07, 6.45) is 11.7. The summed E-state index contributed by atoms with van der Waals surface area (Å²) in [6.45, 7) is 0. The molecule has 2 nitrogen and oxygen atoms in total. The summed E-state index contributed by atoms with van der Waals surface area (Å²) in [5.74, 6) is 5.12. The average molecular weight is 360 g/mol. The van der Waals surface area contributed by atoms with Crippen LogP contribution in [0.3, 0.4) is 0 Å². The SMILES string of the molecule is C#CC1(O)c2cc3ccccc3cc2C(O)(C#C)c2cc3ccccc3cc21. The fourth-order valence-electron chi connectivity index (χ4n) is 4.28. The van der Waals surface area contributed by atoms with Gasteiger partial charge in [-0.05, 0) is 45.8 Å². The van der Waals surface area contributed by atoms with Crippen LogP contribution in [0.5, 0.6) is 0 Å². The molecule has 132 valence electrons. The Morgan fingerprint density at radius 1 is 0.536 bits per heavy atom. The third-order valence-corrected chi connectivity index (χ3v) is 5.75. The highest BCUT2D eigenvalue weighted by Gasteiger charge is 2.48. The molecule has 4 aromatic rings. The molecule has 0 aromatic heterocycles. The van der Waals surface area contributed by atoms with Gasteiger partial charge in [0.05, 0.1) is 0 Å². The zero-order valence-electron chi connectivity index (χ0n) is 15.0. The molecule has 0 unspecified atom stereocenters. The molecule has 2 heteroatoms. The summed E-state index contributed by atoms with van der Waals surface area (Å²) < 4.78 is 0. The van der Waals surface area contributed by atoms with Gasteiger partial charge in [0, 0.05) is 22.3 Å². The Balaban J connectivity index is 1.98. The second kappa shape index (κ2) is 5.47. The molecule has 0 saturated carbocycles. The summed E-state index contributed by atoms with van der Waals surface area (Å²) in [4.78, 5) is 0. The lowest BCUT2D eigenvalue weighted by Crippen LogP contribution is -2.41. The van der Waals surface area contributed by atoms with E-state index in [4.69, 9.17) is 12.8 Å². The molecule has 0 spiro atoms. The first-order valence-corrected chi connectivity index (χ1v) is 8.99. The molecular weight excluding hydrogens is 344 g/mol. The number of terminal acetylenes is 2. The minimum absolute atomic E-state index is 0.442. The van der Waals surface area contributed by atoms with Crippen molar-refractivity contribution in [2.75, 3.05) is 0 Å². The van der Waals surface area contributed by atoms with Gasteiger partial charge in [-0.15, -0.1) is 12.8 Å². The second-order valence-electron chi connectivity index (χ2n) is 7.20. The van der Waals surface area contributed by atoms with Crippen LogP contribution in [0.15, 0.2) is 72.8 Å². The Morgan fingerprint density at radius 3 is 1.00 bits per heavy atom. The van der Waals surface area contributed by atoms with Gasteiger partial charge in [0.1, 0.15) is 0 Å². The Labute approximate surface area is 163 Å². The van der Waals surface area contributed by atoms with E-state index in [-0.39, 0.29) is 0 Å². The number of fused-ring (bicyclic) bond motifs is 4. The van der Waals surface area contributed by atoms with Crippen LogP contribution in [-0.2, 0) is 11.2 Å². The van der Waals surface area contributed by atoms with E-state index in [1.54, 1.807) is 0 Å². The minimum atomic E-state index is -1.69. The Morgan fingerprint density at radius 2 is 0.786 bits per heavy atom. The summed E-state index contributed by atoms with van der Waals surface area (Å²) in [6, 6.07) is 22.7. The molecule has 0 amide bonds. The van der Waals surface area contributed by atoms with E-state index in [2.05, 4.69) is 11.8 Å². The summed E-state index contributed by atoms with van der Waals surface area (Å²) in [5, 5.41) is 26.9. The molecule has 0 heterocycles. The maximum Gasteiger partial charge on any atom is 0.177 e. The maximum atomic E-state index is 11.6. The Hall–Kier alpha value is -3.56. The van der Waals surface area contributed by atoms with Gasteiger partial charge in [-0.25, -0.2) is 0 Å². The van der Waals surface area contributed by atoms with Crippen molar-refractivity contribution in [1.82, 2.24) is 0 Å². The van der Waals surface area contributed by atoms with E-state index in [1.807, 2.05) is 72.8 Å². The lowest BCUT2D eigenvalue weighted by Gasteiger charge is -2.40. The van der Waals surface area contributed by atoms with E-state index in [9.17, 15) is 10.2 Å². The van der Waals surface area contributed by atoms with Crippen LogP contribution in [0.2, 0.25) is 0 Å². The first-order valence-electron chi connectivity index (χ1n) is 8.99. The van der Waals surface area contributed by atoms with Crippen LogP contribution >= 0.6 is 0 Å². The number of hydrogen-bond donors (Lipinski definition) is 2. The predicted octanol–water partition coefficient (Wildman–Crippen LogP) is 4.04. The van der Waals surface area contributed by atoms with Gasteiger partial charge in [0.25, 0.3) is 0 Å².